The summed E-state index contributed by atoms with van der Waals surface area (Å²) in [6.45, 7) is 4.50. The molecule has 0 saturated heterocycles. The van der Waals surface area contributed by atoms with Crippen LogP contribution in [0.5, 0.6) is 0 Å². The van der Waals surface area contributed by atoms with Crippen molar-refractivity contribution in [2.45, 2.75) is 36.5 Å². The van der Waals surface area contributed by atoms with Crippen LogP contribution >= 0.6 is 11.8 Å². The molecule has 0 atom stereocenters. The first-order valence-electron chi connectivity index (χ1n) is 6.59. The molecule has 18 heavy (non-hydrogen) atoms. The highest BCUT2D eigenvalue weighted by Crippen LogP contribution is 2.42. The Morgan fingerprint density at radius 1 is 0.889 bits per heavy atom. The summed E-state index contributed by atoms with van der Waals surface area (Å²) in [4.78, 5) is 2.78. The molecular formula is C17H17S. The molecule has 0 saturated carbocycles. The van der Waals surface area contributed by atoms with E-state index in [4.69, 9.17) is 0 Å². The van der Waals surface area contributed by atoms with Crippen LogP contribution < -0.4 is 0 Å². The molecule has 0 amide bonds. The van der Waals surface area contributed by atoms with Gasteiger partial charge < -0.3 is 0 Å². The van der Waals surface area contributed by atoms with Crippen molar-refractivity contribution < 1.29 is 0 Å². The lowest BCUT2D eigenvalue weighted by Gasteiger charge is -2.22. The molecule has 0 aliphatic carbocycles. The zero-order chi connectivity index (χ0) is 12.5. The van der Waals surface area contributed by atoms with E-state index in [1.807, 2.05) is 11.8 Å². The number of benzene rings is 2. The second-order valence-electron chi connectivity index (χ2n) is 4.61. The first-order chi connectivity index (χ1) is 8.83. The van der Waals surface area contributed by atoms with Crippen LogP contribution in [-0.4, -0.2) is 0 Å². The van der Waals surface area contributed by atoms with Crippen molar-refractivity contribution in [2.24, 2.45) is 0 Å². The van der Waals surface area contributed by atoms with Gasteiger partial charge in [-0.05, 0) is 47.2 Å². The Labute approximate surface area is 113 Å². The largest absolute Gasteiger partial charge is 0.0895 e. The molecule has 1 heteroatoms. The molecular weight excluding hydrogens is 236 g/mol. The predicted molar refractivity (Wildman–Crippen MR) is 78.3 cm³/mol. The summed E-state index contributed by atoms with van der Waals surface area (Å²) in [5, 5.41) is 0. The van der Waals surface area contributed by atoms with Crippen molar-refractivity contribution in [2.75, 3.05) is 0 Å². The average Bonchev–Trinajstić information content (AvgIpc) is 2.43. The Kier molecular flexibility index (Phi) is 3.17. The Morgan fingerprint density at radius 3 is 2.50 bits per heavy atom. The average molecular weight is 253 g/mol. The Balaban J connectivity index is 2.13. The van der Waals surface area contributed by atoms with Crippen molar-refractivity contribution in [3.63, 3.8) is 0 Å². The summed E-state index contributed by atoms with van der Waals surface area (Å²) >= 11 is 1.90. The predicted octanol–water partition coefficient (Wildman–Crippen LogP) is 4.88. The molecule has 0 nitrogen and oxygen atoms in total. The third kappa shape index (κ3) is 1.87. The highest BCUT2D eigenvalue weighted by Gasteiger charge is 2.19. The quantitative estimate of drug-likeness (QED) is 0.627. The molecule has 0 fully saturated rings. The zero-order valence-electron chi connectivity index (χ0n) is 10.9. The Hall–Kier alpha value is -1.21. The molecule has 91 valence electrons. The van der Waals surface area contributed by atoms with Crippen molar-refractivity contribution in [3.05, 3.63) is 65.1 Å². The maximum atomic E-state index is 2.36. The molecule has 1 heterocycles. The Bertz CT molecular complexity index is 584. The number of aryl methyl sites for hydroxylation is 1. The first-order valence-corrected chi connectivity index (χ1v) is 7.41. The van der Waals surface area contributed by atoms with E-state index >= 15 is 0 Å². The van der Waals surface area contributed by atoms with E-state index in [1.54, 1.807) is 0 Å². The molecule has 0 aromatic heterocycles. The van der Waals surface area contributed by atoms with Crippen molar-refractivity contribution >= 4 is 11.8 Å². The maximum Gasteiger partial charge on any atom is 0.0225 e. The van der Waals surface area contributed by atoms with Crippen LogP contribution in [0.4, 0.5) is 0 Å². The van der Waals surface area contributed by atoms with Gasteiger partial charge in [-0.2, -0.15) is 0 Å². The fourth-order valence-corrected chi connectivity index (χ4v) is 3.71. The minimum absolute atomic E-state index is 1.12. The SMILES string of the molecule is CCc1ccc2c(c1CC)[CH]c1ccccc1S2. The van der Waals surface area contributed by atoms with E-state index < -0.39 is 0 Å². The van der Waals surface area contributed by atoms with Gasteiger partial charge in [0.25, 0.3) is 0 Å². The number of hydrogen-bond acceptors (Lipinski definition) is 1. The first kappa shape index (κ1) is 11.9. The lowest BCUT2D eigenvalue weighted by atomic mass is 9.92. The minimum Gasteiger partial charge on any atom is -0.0895 e. The van der Waals surface area contributed by atoms with E-state index in [2.05, 4.69) is 56.7 Å². The van der Waals surface area contributed by atoms with Gasteiger partial charge in [0.1, 0.15) is 0 Å². The summed E-state index contributed by atoms with van der Waals surface area (Å²) in [7, 11) is 0. The summed E-state index contributed by atoms with van der Waals surface area (Å²) in [5.74, 6) is 0. The highest BCUT2D eigenvalue weighted by atomic mass is 32.2. The van der Waals surface area contributed by atoms with Crippen LogP contribution in [0.1, 0.15) is 36.1 Å². The van der Waals surface area contributed by atoms with E-state index in [9.17, 15) is 0 Å². The standard InChI is InChI=1S/C17H17S/c1-3-12-9-10-17-15(14(12)4-2)11-13-7-5-6-8-16(13)18-17/h5-11H,3-4H2,1-2H3. The fraction of sp³-hybridized carbons (Fsp3) is 0.235. The van der Waals surface area contributed by atoms with Crippen molar-refractivity contribution in [1.29, 1.82) is 0 Å². The molecule has 0 bridgehead atoms. The van der Waals surface area contributed by atoms with Gasteiger partial charge in [-0.1, -0.05) is 49.9 Å². The van der Waals surface area contributed by atoms with E-state index in [0.29, 0.717) is 0 Å². The smallest absolute Gasteiger partial charge is 0.0225 e. The third-order valence-electron chi connectivity index (χ3n) is 3.59. The molecule has 0 unspecified atom stereocenters. The van der Waals surface area contributed by atoms with Gasteiger partial charge in [0, 0.05) is 16.2 Å². The highest BCUT2D eigenvalue weighted by molar-refractivity contribution is 7.99. The van der Waals surface area contributed by atoms with E-state index in [-0.39, 0.29) is 0 Å². The minimum atomic E-state index is 1.12. The molecule has 3 rings (SSSR count). The summed E-state index contributed by atoms with van der Waals surface area (Å²) in [6, 6.07) is 13.2. The molecule has 2 aromatic rings. The monoisotopic (exact) mass is 253 g/mol. The van der Waals surface area contributed by atoms with Crippen LogP contribution in [0.2, 0.25) is 0 Å². The van der Waals surface area contributed by atoms with Crippen LogP contribution in [0.25, 0.3) is 0 Å². The zero-order valence-corrected chi connectivity index (χ0v) is 11.7. The van der Waals surface area contributed by atoms with Crippen LogP contribution in [0.15, 0.2) is 46.2 Å². The normalized spacial score (nSPS) is 13.0. The van der Waals surface area contributed by atoms with Crippen molar-refractivity contribution in [3.8, 4) is 0 Å². The second kappa shape index (κ2) is 4.81. The molecule has 1 aliphatic heterocycles. The number of fused-ring (bicyclic) bond motifs is 2. The molecule has 1 radical (unpaired) electrons. The van der Waals surface area contributed by atoms with Gasteiger partial charge in [0.2, 0.25) is 0 Å². The topological polar surface area (TPSA) is 0 Å². The van der Waals surface area contributed by atoms with Crippen LogP contribution in [-0.2, 0) is 12.8 Å². The van der Waals surface area contributed by atoms with Gasteiger partial charge in [-0.25, -0.2) is 0 Å². The summed E-state index contributed by atoms with van der Waals surface area (Å²) < 4.78 is 0. The van der Waals surface area contributed by atoms with E-state index in [0.717, 1.165) is 12.8 Å². The van der Waals surface area contributed by atoms with Crippen LogP contribution in [0.3, 0.4) is 0 Å². The molecule has 1 aliphatic rings. The lowest BCUT2D eigenvalue weighted by Crippen LogP contribution is -2.04. The summed E-state index contributed by atoms with van der Waals surface area (Å²) in [6.07, 6.45) is 4.60. The van der Waals surface area contributed by atoms with Crippen molar-refractivity contribution in [1.82, 2.24) is 0 Å². The summed E-state index contributed by atoms with van der Waals surface area (Å²) in [5.41, 5.74) is 5.82. The molecule has 0 spiro atoms. The van der Waals surface area contributed by atoms with Crippen LogP contribution in [0, 0.1) is 6.42 Å². The Morgan fingerprint density at radius 2 is 1.72 bits per heavy atom. The third-order valence-corrected chi connectivity index (χ3v) is 4.75. The molecule has 2 aromatic carbocycles. The van der Waals surface area contributed by atoms with Gasteiger partial charge in [0.15, 0.2) is 0 Å². The van der Waals surface area contributed by atoms with Gasteiger partial charge in [0.05, 0.1) is 0 Å². The number of hydrogen-bond donors (Lipinski definition) is 0. The van der Waals surface area contributed by atoms with E-state index in [1.165, 1.54) is 32.0 Å². The van der Waals surface area contributed by atoms with Gasteiger partial charge in [-0.15, -0.1) is 0 Å². The van der Waals surface area contributed by atoms with Gasteiger partial charge >= 0.3 is 0 Å². The number of rotatable bonds is 2. The fourth-order valence-electron chi connectivity index (χ4n) is 2.65. The maximum absolute atomic E-state index is 2.36. The second-order valence-corrected chi connectivity index (χ2v) is 5.69. The lowest BCUT2D eigenvalue weighted by molar-refractivity contribution is 0.997. The molecule has 0 N–H and O–H groups in total. The van der Waals surface area contributed by atoms with Gasteiger partial charge in [-0.3, -0.25) is 0 Å².